The second-order valence-electron chi connectivity index (χ2n) is 3.79. The van der Waals surface area contributed by atoms with Crippen molar-refractivity contribution in [2.75, 3.05) is 5.73 Å². The number of pyridine rings is 1. The fourth-order valence-corrected chi connectivity index (χ4v) is 2.04. The highest BCUT2D eigenvalue weighted by atomic mass is 14.8. The van der Waals surface area contributed by atoms with Crippen molar-refractivity contribution in [1.29, 1.82) is 0 Å². The van der Waals surface area contributed by atoms with Gasteiger partial charge in [-0.25, -0.2) is 4.98 Å². The molecule has 0 aliphatic carbocycles. The molecule has 1 aromatic heterocycles. The Morgan fingerprint density at radius 1 is 1.18 bits per heavy atom. The van der Waals surface area contributed by atoms with Gasteiger partial charge in [0, 0.05) is 18.1 Å². The molecular weight excluding hydrogens is 210 g/mol. The molecule has 0 aliphatic heterocycles. The maximum atomic E-state index is 5.84. The van der Waals surface area contributed by atoms with E-state index in [4.69, 9.17) is 11.5 Å². The predicted molar refractivity (Wildman–Crippen MR) is 74.9 cm³/mol. The van der Waals surface area contributed by atoms with Crippen molar-refractivity contribution in [2.24, 2.45) is 5.73 Å². The first kappa shape index (κ1) is 13.5. The largest absolute Gasteiger partial charge is 0.383 e. The van der Waals surface area contributed by atoms with Gasteiger partial charge in [-0.3, -0.25) is 0 Å². The molecule has 3 heteroatoms. The fraction of sp³-hybridized carbons (Fsp3) is 0.357. The molecule has 1 heterocycles. The van der Waals surface area contributed by atoms with Crippen molar-refractivity contribution in [3.05, 3.63) is 35.0 Å². The summed E-state index contributed by atoms with van der Waals surface area (Å²) in [6.45, 7) is 8.70. The second kappa shape index (κ2) is 5.64. The quantitative estimate of drug-likeness (QED) is 0.793. The highest BCUT2D eigenvalue weighted by Gasteiger charge is 2.08. The smallest absolute Gasteiger partial charge is 0.131 e. The van der Waals surface area contributed by atoms with Crippen LogP contribution in [0.2, 0.25) is 0 Å². The first-order valence-corrected chi connectivity index (χ1v) is 5.98. The van der Waals surface area contributed by atoms with E-state index in [0.29, 0.717) is 12.4 Å². The SMILES string of the molecule is CC.Cc1cc2c(N)nccc2c(C)c1CN. The molecule has 0 atom stereocenters. The number of nitrogen functional groups attached to an aromatic ring is 1. The van der Waals surface area contributed by atoms with Crippen LogP contribution >= 0.6 is 0 Å². The molecule has 0 amide bonds. The molecule has 2 aromatic rings. The summed E-state index contributed by atoms with van der Waals surface area (Å²) in [5.74, 6) is 0.585. The van der Waals surface area contributed by atoms with Crippen molar-refractivity contribution >= 4 is 16.6 Å². The Labute approximate surface area is 103 Å². The van der Waals surface area contributed by atoms with E-state index in [1.807, 2.05) is 19.9 Å². The molecular formula is C14H21N3. The summed E-state index contributed by atoms with van der Waals surface area (Å²) in [5, 5.41) is 2.17. The Morgan fingerprint density at radius 2 is 1.82 bits per heavy atom. The number of rotatable bonds is 1. The van der Waals surface area contributed by atoms with Gasteiger partial charge in [0.1, 0.15) is 5.82 Å². The zero-order valence-electron chi connectivity index (χ0n) is 11.0. The minimum absolute atomic E-state index is 0.565. The summed E-state index contributed by atoms with van der Waals surface area (Å²) < 4.78 is 0. The van der Waals surface area contributed by atoms with Crippen LogP contribution in [-0.4, -0.2) is 4.98 Å². The van der Waals surface area contributed by atoms with Crippen LogP contribution in [0, 0.1) is 13.8 Å². The molecule has 0 bridgehead atoms. The predicted octanol–water partition coefficient (Wildman–Crippen LogP) is 2.92. The van der Waals surface area contributed by atoms with Gasteiger partial charge in [0.2, 0.25) is 0 Å². The molecule has 17 heavy (non-hydrogen) atoms. The maximum absolute atomic E-state index is 5.84. The van der Waals surface area contributed by atoms with Gasteiger partial charge in [-0.05, 0) is 48.1 Å². The number of benzene rings is 1. The van der Waals surface area contributed by atoms with Crippen molar-refractivity contribution in [1.82, 2.24) is 4.98 Å². The molecule has 0 aliphatic rings. The molecule has 0 unspecified atom stereocenters. The van der Waals surface area contributed by atoms with Crippen molar-refractivity contribution in [3.8, 4) is 0 Å². The molecule has 0 saturated heterocycles. The van der Waals surface area contributed by atoms with Crippen LogP contribution in [0.5, 0.6) is 0 Å². The van der Waals surface area contributed by atoms with Gasteiger partial charge in [0.05, 0.1) is 0 Å². The summed E-state index contributed by atoms with van der Waals surface area (Å²) in [6, 6.07) is 4.05. The third-order valence-corrected chi connectivity index (χ3v) is 2.92. The third-order valence-electron chi connectivity index (χ3n) is 2.92. The van der Waals surface area contributed by atoms with E-state index in [9.17, 15) is 0 Å². The lowest BCUT2D eigenvalue weighted by Gasteiger charge is -2.12. The molecule has 0 radical (unpaired) electrons. The molecule has 0 spiro atoms. The molecule has 3 nitrogen and oxygen atoms in total. The van der Waals surface area contributed by atoms with E-state index in [1.165, 1.54) is 16.7 Å². The van der Waals surface area contributed by atoms with Gasteiger partial charge in [-0.1, -0.05) is 13.8 Å². The average molecular weight is 231 g/mol. The Bertz CT molecular complexity index is 518. The molecule has 0 saturated carbocycles. The Hall–Kier alpha value is -1.61. The summed E-state index contributed by atoms with van der Waals surface area (Å²) in [5.41, 5.74) is 15.2. The van der Waals surface area contributed by atoms with Crippen LogP contribution in [-0.2, 0) is 6.54 Å². The summed E-state index contributed by atoms with van der Waals surface area (Å²) in [4.78, 5) is 4.09. The highest BCUT2D eigenvalue weighted by Crippen LogP contribution is 2.27. The Balaban J connectivity index is 0.000000686. The molecule has 92 valence electrons. The average Bonchev–Trinajstić information content (AvgIpc) is 2.34. The number of aromatic nitrogens is 1. The lowest BCUT2D eigenvalue weighted by Crippen LogP contribution is -2.03. The molecule has 2 rings (SSSR count). The van der Waals surface area contributed by atoms with E-state index >= 15 is 0 Å². The van der Waals surface area contributed by atoms with Gasteiger partial charge in [-0.15, -0.1) is 0 Å². The number of hydrogen-bond donors (Lipinski definition) is 2. The molecule has 0 fully saturated rings. The van der Waals surface area contributed by atoms with Crippen LogP contribution in [0.15, 0.2) is 18.3 Å². The van der Waals surface area contributed by atoms with Gasteiger partial charge < -0.3 is 11.5 Å². The lowest BCUT2D eigenvalue weighted by atomic mass is 9.96. The van der Waals surface area contributed by atoms with E-state index in [-0.39, 0.29) is 0 Å². The van der Waals surface area contributed by atoms with Gasteiger partial charge in [0.25, 0.3) is 0 Å². The van der Waals surface area contributed by atoms with Crippen molar-refractivity contribution in [3.63, 3.8) is 0 Å². The van der Waals surface area contributed by atoms with E-state index in [1.54, 1.807) is 6.20 Å². The van der Waals surface area contributed by atoms with Crippen LogP contribution in [0.25, 0.3) is 10.8 Å². The van der Waals surface area contributed by atoms with Crippen LogP contribution in [0.3, 0.4) is 0 Å². The molecule has 4 N–H and O–H groups in total. The normalized spacial score (nSPS) is 9.94. The fourth-order valence-electron chi connectivity index (χ4n) is 2.04. The second-order valence-corrected chi connectivity index (χ2v) is 3.79. The highest BCUT2D eigenvalue weighted by molar-refractivity contribution is 5.94. The van der Waals surface area contributed by atoms with Crippen LogP contribution in [0.1, 0.15) is 30.5 Å². The van der Waals surface area contributed by atoms with Crippen molar-refractivity contribution in [2.45, 2.75) is 34.2 Å². The zero-order valence-corrected chi connectivity index (χ0v) is 11.0. The minimum atomic E-state index is 0.565. The lowest BCUT2D eigenvalue weighted by molar-refractivity contribution is 1.03. The number of nitrogens with two attached hydrogens (primary N) is 2. The first-order chi connectivity index (χ1) is 8.15. The standard InChI is InChI=1S/C12H15N3.C2H6/c1-7-5-10-9(3-4-15-12(10)14)8(2)11(7)6-13;1-2/h3-5H,6,13H2,1-2H3,(H2,14,15);1-2H3. The maximum Gasteiger partial charge on any atom is 0.131 e. The minimum Gasteiger partial charge on any atom is -0.383 e. The van der Waals surface area contributed by atoms with E-state index in [0.717, 1.165) is 10.8 Å². The summed E-state index contributed by atoms with van der Waals surface area (Å²) >= 11 is 0. The van der Waals surface area contributed by atoms with Gasteiger partial charge in [-0.2, -0.15) is 0 Å². The number of anilines is 1. The third kappa shape index (κ3) is 2.39. The Kier molecular flexibility index (Phi) is 4.46. The number of aryl methyl sites for hydroxylation is 2. The zero-order chi connectivity index (χ0) is 13.0. The summed E-state index contributed by atoms with van der Waals surface area (Å²) in [6.07, 6.45) is 1.74. The van der Waals surface area contributed by atoms with Gasteiger partial charge >= 0.3 is 0 Å². The Morgan fingerprint density at radius 3 is 2.41 bits per heavy atom. The van der Waals surface area contributed by atoms with Gasteiger partial charge in [0.15, 0.2) is 0 Å². The topological polar surface area (TPSA) is 64.9 Å². The van der Waals surface area contributed by atoms with Crippen LogP contribution < -0.4 is 11.5 Å². The molecule has 1 aromatic carbocycles. The van der Waals surface area contributed by atoms with E-state index < -0.39 is 0 Å². The number of nitrogens with zero attached hydrogens (tertiary/aromatic N) is 1. The monoisotopic (exact) mass is 231 g/mol. The van der Waals surface area contributed by atoms with Crippen molar-refractivity contribution < 1.29 is 0 Å². The number of fused-ring (bicyclic) bond motifs is 1. The van der Waals surface area contributed by atoms with E-state index in [2.05, 4.69) is 24.9 Å². The summed E-state index contributed by atoms with van der Waals surface area (Å²) in [7, 11) is 0. The number of hydrogen-bond acceptors (Lipinski definition) is 3. The first-order valence-electron chi connectivity index (χ1n) is 5.98. The van der Waals surface area contributed by atoms with Crippen LogP contribution in [0.4, 0.5) is 5.82 Å².